The van der Waals surface area contributed by atoms with Gasteiger partial charge in [-0.1, -0.05) is 23.7 Å². The summed E-state index contributed by atoms with van der Waals surface area (Å²) in [4.78, 5) is 36.6. The number of nitrogens with zero attached hydrogens (tertiary/aromatic N) is 4. The number of rotatable bonds is 3. The van der Waals surface area contributed by atoms with E-state index in [-0.39, 0.29) is 18.4 Å². The van der Waals surface area contributed by atoms with Crippen molar-refractivity contribution >= 4 is 46.6 Å². The molecule has 1 fully saturated rings. The van der Waals surface area contributed by atoms with Gasteiger partial charge in [0.2, 0.25) is 11.9 Å². The Morgan fingerprint density at radius 3 is 2.58 bits per heavy atom. The third-order valence-corrected chi connectivity index (χ3v) is 6.64. The highest BCUT2D eigenvalue weighted by atomic mass is 35.5. The lowest BCUT2D eigenvalue weighted by atomic mass is 10.0. The summed E-state index contributed by atoms with van der Waals surface area (Å²) >= 11 is 6.35. The number of aryl methyl sites for hydroxylation is 2. The van der Waals surface area contributed by atoms with E-state index in [1.54, 1.807) is 22.9 Å². The topological polar surface area (TPSA) is 99.7 Å². The lowest BCUT2D eigenvalue weighted by molar-refractivity contribution is -0.139. The van der Waals surface area contributed by atoms with Crippen LogP contribution >= 0.6 is 11.6 Å². The summed E-state index contributed by atoms with van der Waals surface area (Å²) < 4.78 is 6.01. The molecule has 1 aromatic heterocycles. The van der Waals surface area contributed by atoms with Crippen LogP contribution in [0.15, 0.2) is 48.7 Å². The fourth-order valence-electron chi connectivity index (χ4n) is 4.36. The molecule has 2 N–H and O–H groups in total. The van der Waals surface area contributed by atoms with Gasteiger partial charge in [-0.25, -0.2) is 4.98 Å². The summed E-state index contributed by atoms with van der Waals surface area (Å²) in [6, 6.07) is 13.8. The molecular weight excluding hydrogens is 480 g/mol. The van der Waals surface area contributed by atoms with Gasteiger partial charge in [0.25, 0.3) is 5.91 Å². The molecule has 1 saturated heterocycles. The number of aromatic nitrogens is 2. The highest BCUT2D eigenvalue weighted by Gasteiger charge is 2.23. The average molecular weight is 507 g/mol. The second-order valence-electron chi connectivity index (χ2n) is 8.84. The van der Waals surface area contributed by atoms with Crippen LogP contribution in [0.25, 0.3) is 0 Å². The summed E-state index contributed by atoms with van der Waals surface area (Å²) in [6.45, 7) is 3.63. The first-order valence-electron chi connectivity index (χ1n) is 11.9. The Labute approximate surface area is 214 Å². The van der Waals surface area contributed by atoms with Crippen LogP contribution < -0.4 is 15.4 Å². The molecule has 2 aliphatic rings. The number of anilines is 4. The first-order chi connectivity index (χ1) is 17.4. The maximum Gasteiger partial charge on any atom is 0.260 e. The Morgan fingerprint density at radius 2 is 1.78 bits per heavy atom. The summed E-state index contributed by atoms with van der Waals surface area (Å²) in [5, 5.41) is 6.90. The largest absolute Gasteiger partial charge is 0.483 e. The number of carbonyl (C=O) groups is 2. The number of benzene rings is 2. The van der Waals surface area contributed by atoms with E-state index in [1.807, 2.05) is 30.3 Å². The van der Waals surface area contributed by atoms with Gasteiger partial charge >= 0.3 is 0 Å². The first kappa shape index (κ1) is 23.9. The minimum absolute atomic E-state index is 0.0350. The van der Waals surface area contributed by atoms with Crippen LogP contribution in [-0.4, -0.2) is 64.4 Å². The van der Waals surface area contributed by atoms with Crippen molar-refractivity contribution in [2.24, 2.45) is 0 Å². The first-order valence-corrected chi connectivity index (χ1v) is 12.3. The molecule has 3 aromatic rings. The van der Waals surface area contributed by atoms with Gasteiger partial charge in [0, 0.05) is 44.5 Å². The Hall–Kier alpha value is -3.85. The van der Waals surface area contributed by atoms with Gasteiger partial charge < -0.3 is 25.2 Å². The molecule has 186 valence electrons. The fourth-order valence-corrected chi connectivity index (χ4v) is 4.50. The number of hydrogen-bond acceptors (Lipinski definition) is 7. The van der Waals surface area contributed by atoms with Crippen LogP contribution in [0, 0.1) is 0 Å². The van der Waals surface area contributed by atoms with Crippen molar-refractivity contribution in [2.75, 3.05) is 43.4 Å². The van der Waals surface area contributed by atoms with Crippen molar-refractivity contribution in [3.8, 4) is 5.75 Å². The smallest absolute Gasteiger partial charge is 0.260 e. The lowest BCUT2D eigenvalue weighted by Crippen LogP contribution is -2.51. The fraction of sp³-hybridized carbons (Fsp3) is 0.308. The van der Waals surface area contributed by atoms with Crippen LogP contribution in [0.3, 0.4) is 0 Å². The second-order valence-corrected chi connectivity index (χ2v) is 9.25. The number of amides is 2. The predicted molar refractivity (Wildman–Crippen MR) is 138 cm³/mol. The van der Waals surface area contributed by atoms with E-state index >= 15 is 0 Å². The molecule has 9 nitrogen and oxygen atoms in total. The van der Waals surface area contributed by atoms with Gasteiger partial charge in [-0.15, -0.1) is 0 Å². The van der Waals surface area contributed by atoms with Crippen LogP contribution in [0.5, 0.6) is 5.75 Å². The zero-order valence-electron chi connectivity index (χ0n) is 20.0. The van der Waals surface area contributed by atoms with Gasteiger partial charge in [0.15, 0.2) is 12.4 Å². The maximum absolute atomic E-state index is 12.8. The van der Waals surface area contributed by atoms with E-state index in [0.29, 0.717) is 48.7 Å². The molecule has 0 radical (unpaired) electrons. The van der Waals surface area contributed by atoms with Crippen molar-refractivity contribution < 1.29 is 14.3 Å². The quantitative estimate of drug-likeness (QED) is 0.557. The highest BCUT2D eigenvalue weighted by molar-refractivity contribution is 6.32. The summed E-state index contributed by atoms with van der Waals surface area (Å²) in [5.41, 5.74) is 3.81. The third kappa shape index (κ3) is 5.52. The Balaban J connectivity index is 1.35. The number of piperazine rings is 1. The predicted octanol–water partition coefficient (Wildman–Crippen LogP) is 3.79. The van der Waals surface area contributed by atoms with E-state index in [1.165, 1.54) is 0 Å². The molecule has 6 bridgehead atoms. The van der Waals surface area contributed by atoms with E-state index in [2.05, 4.69) is 32.7 Å². The second kappa shape index (κ2) is 10.4. The maximum atomic E-state index is 12.8. The van der Waals surface area contributed by atoms with Crippen LogP contribution in [0.1, 0.15) is 18.1 Å². The zero-order valence-corrected chi connectivity index (χ0v) is 20.7. The van der Waals surface area contributed by atoms with Gasteiger partial charge in [0.1, 0.15) is 10.8 Å². The van der Waals surface area contributed by atoms with Gasteiger partial charge in [0.05, 0.1) is 6.20 Å². The molecule has 0 saturated carbocycles. The van der Waals surface area contributed by atoms with Crippen molar-refractivity contribution in [2.45, 2.75) is 19.8 Å². The van der Waals surface area contributed by atoms with Crippen LogP contribution in [0.2, 0.25) is 5.02 Å². The normalized spacial score (nSPS) is 14.9. The number of hydrogen-bond donors (Lipinski definition) is 2. The van der Waals surface area contributed by atoms with Gasteiger partial charge in [-0.3, -0.25) is 9.59 Å². The molecule has 0 spiro atoms. The number of nitrogens with one attached hydrogen (secondary N) is 2. The molecule has 2 aromatic carbocycles. The van der Waals surface area contributed by atoms with Crippen molar-refractivity contribution in [1.29, 1.82) is 0 Å². The molecule has 2 aliphatic heterocycles. The Bertz CT molecular complexity index is 1290. The van der Waals surface area contributed by atoms with Crippen LogP contribution in [0.4, 0.5) is 23.1 Å². The van der Waals surface area contributed by atoms with Crippen LogP contribution in [-0.2, 0) is 22.4 Å². The minimum atomic E-state index is -0.0867. The molecule has 2 amide bonds. The van der Waals surface area contributed by atoms with Crippen molar-refractivity contribution in [1.82, 2.24) is 19.8 Å². The lowest BCUT2D eigenvalue weighted by Gasteiger charge is -2.34. The summed E-state index contributed by atoms with van der Waals surface area (Å²) in [5.74, 6) is 1.55. The van der Waals surface area contributed by atoms with Crippen molar-refractivity contribution in [3.05, 3.63) is 64.8 Å². The highest BCUT2D eigenvalue weighted by Crippen LogP contribution is 2.30. The Morgan fingerprint density at radius 1 is 1.00 bits per heavy atom. The standard InChI is InChI=1S/C26H27ClN6O3/c1-17(34)32-9-11-33(12-10-32)24(35)16-36-23-8-7-21-14-19(23)6-5-18-3-2-4-20(13-18)30-26-28-15-22(27)25(29-21)31-26/h2-4,7-8,13-15H,5-6,9-12,16H2,1H3,(H2,28,29,30,31). The summed E-state index contributed by atoms with van der Waals surface area (Å²) in [7, 11) is 0. The monoisotopic (exact) mass is 506 g/mol. The van der Waals surface area contributed by atoms with Crippen molar-refractivity contribution in [3.63, 3.8) is 0 Å². The molecule has 10 heteroatoms. The average Bonchev–Trinajstić information content (AvgIpc) is 2.89. The zero-order chi connectivity index (χ0) is 25.1. The molecule has 0 atom stereocenters. The molecule has 0 aliphatic carbocycles. The summed E-state index contributed by atoms with van der Waals surface area (Å²) in [6.07, 6.45) is 3.06. The van der Waals surface area contributed by atoms with E-state index in [4.69, 9.17) is 16.3 Å². The minimum Gasteiger partial charge on any atom is -0.483 e. The third-order valence-electron chi connectivity index (χ3n) is 6.36. The Kier molecular flexibility index (Phi) is 6.90. The van der Waals surface area contributed by atoms with Gasteiger partial charge in [-0.05, 0) is 54.3 Å². The van der Waals surface area contributed by atoms with E-state index < -0.39 is 0 Å². The molecule has 0 unspecified atom stereocenters. The number of fused-ring (bicyclic) bond motifs is 6. The molecule has 5 rings (SSSR count). The SMILES string of the molecule is CC(=O)N1CCN(C(=O)COc2ccc3cc2CCc2cccc(c2)Nc2ncc(Cl)c(n2)N3)CC1. The number of carbonyl (C=O) groups excluding carboxylic acids is 2. The van der Waals surface area contributed by atoms with E-state index in [9.17, 15) is 9.59 Å². The molecule has 3 heterocycles. The number of halogens is 1. The molecule has 36 heavy (non-hydrogen) atoms. The number of ether oxygens (including phenoxy) is 1. The van der Waals surface area contributed by atoms with E-state index in [0.717, 1.165) is 35.3 Å². The molecular formula is C26H27ClN6O3. The van der Waals surface area contributed by atoms with Gasteiger partial charge in [-0.2, -0.15) is 4.98 Å².